The molecule has 0 amide bonds. The molecule has 0 atom stereocenters. The third-order valence-electron chi connectivity index (χ3n) is 3.69. The maximum Gasteiger partial charge on any atom is 0.279 e. The van der Waals surface area contributed by atoms with Crippen molar-refractivity contribution in [3.63, 3.8) is 0 Å². The van der Waals surface area contributed by atoms with Gasteiger partial charge in [-0.3, -0.25) is 14.3 Å². The van der Waals surface area contributed by atoms with Gasteiger partial charge in [-0.2, -0.15) is 8.42 Å². The quantitative estimate of drug-likeness (QED) is 0.752. The Balaban J connectivity index is 1.72. The normalized spacial score (nSPS) is 13.0. The summed E-state index contributed by atoms with van der Waals surface area (Å²) < 4.78 is 32.7. The molecule has 1 aliphatic heterocycles. The van der Waals surface area contributed by atoms with E-state index in [2.05, 4.69) is 9.71 Å². The summed E-state index contributed by atoms with van der Waals surface area (Å²) in [6, 6.07) is 7.54. The second kappa shape index (κ2) is 7.46. The first-order chi connectivity index (χ1) is 12.3. The zero-order chi connectivity index (χ0) is 18.7. The van der Waals surface area contributed by atoms with Crippen molar-refractivity contribution in [3.05, 3.63) is 47.7 Å². The second-order valence-electron chi connectivity index (χ2n) is 5.62. The number of anilines is 1. The second-order valence-corrected chi connectivity index (χ2v) is 8.40. The molecule has 7 nitrogen and oxygen atoms in total. The number of thioether (sulfide) groups is 1. The number of sulfonamides is 1. The average Bonchev–Trinajstić information content (AvgIpc) is 3.07. The van der Waals surface area contributed by atoms with Crippen LogP contribution in [-0.2, 0) is 21.2 Å². The molecule has 0 radical (unpaired) electrons. The molecule has 3 rings (SSSR count). The van der Waals surface area contributed by atoms with Crippen LogP contribution < -0.4 is 9.46 Å². The van der Waals surface area contributed by atoms with E-state index >= 15 is 0 Å². The number of nitrogens with one attached hydrogen (secondary N) is 1. The Morgan fingerprint density at radius 1 is 1.27 bits per heavy atom. The minimum Gasteiger partial charge on any atom is -0.491 e. The molecule has 0 aliphatic carbocycles. The summed E-state index contributed by atoms with van der Waals surface area (Å²) >= 11 is 0.937. The lowest BCUT2D eigenvalue weighted by atomic mass is 10.1. The van der Waals surface area contributed by atoms with Crippen molar-refractivity contribution >= 4 is 38.4 Å². The number of pyridine rings is 1. The standard InChI is InChI=1S/C17H16N2O5S2/c1-11(20)25-10-15(21)12-2-4-14(5-3-12)19-26(22,23)17-8-13-6-7-24-16(13)9-18-17/h2-5,8-9,19H,6-7,10H2,1H3. The Bertz CT molecular complexity index is 956. The van der Waals surface area contributed by atoms with Gasteiger partial charge in [-0.25, -0.2) is 4.98 Å². The Hall–Kier alpha value is -2.39. The number of carbonyl (C=O) groups is 2. The molecule has 2 aromatic rings. The maximum atomic E-state index is 12.5. The number of carbonyl (C=O) groups excluding carboxylic acids is 2. The van der Waals surface area contributed by atoms with Gasteiger partial charge in [-0.1, -0.05) is 11.8 Å². The Morgan fingerprint density at radius 2 is 2.00 bits per heavy atom. The molecule has 26 heavy (non-hydrogen) atoms. The summed E-state index contributed by atoms with van der Waals surface area (Å²) in [6.07, 6.45) is 2.06. The molecule has 1 N–H and O–H groups in total. The third-order valence-corrected chi connectivity index (χ3v) is 5.78. The molecule has 0 fully saturated rings. The highest BCUT2D eigenvalue weighted by Crippen LogP contribution is 2.26. The lowest BCUT2D eigenvalue weighted by molar-refractivity contribution is -0.109. The average molecular weight is 392 g/mol. The number of ether oxygens (including phenoxy) is 1. The first-order valence-electron chi connectivity index (χ1n) is 7.76. The molecule has 0 unspecified atom stereocenters. The summed E-state index contributed by atoms with van der Waals surface area (Å²) in [4.78, 5) is 26.8. The van der Waals surface area contributed by atoms with E-state index in [1.807, 2.05) is 0 Å². The molecular formula is C17H16N2O5S2. The molecule has 0 spiro atoms. The number of benzene rings is 1. The highest BCUT2D eigenvalue weighted by atomic mass is 32.2. The molecule has 1 aromatic heterocycles. The lowest BCUT2D eigenvalue weighted by Gasteiger charge is -2.09. The fourth-order valence-electron chi connectivity index (χ4n) is 2.39. The lowest BCUT2D eigenvalue weighted by Crippen LogP contribution is -2.15. The summed E-state index contributed by atoms with van der Waals surface area (Å²) in [5.41, 5.74) is 1.54. The van der Waals surface area contributed by atoms with Gasteiger partial charge in [0.15, 0.2) is 15.9 Å². The van der Waals surface area contributed by atoms with Gasteiger partial charge in [0.25, 0.3) is 10.0 Å². The van der Waals surface area contributed by atoms with Crippen LogP contribution >= 0.6 is 11.8 Å². The molecule has 1 aliphatic rings. The molecule has 1 aromatic carbocycles. The SMILES string of the molecule is CC(=O)SCC(=O)c1ccc(NS(=O)(=O)c2cc3c(cn2)OCC3)cc1. The first kappa shape index (κ1) is 18.4. The molecule has 2 heterocycles. The van der Waals surface area contributed by atoms with Crippen LogP contribution in [0.25, 0.3) is 0 Å². The van der Waals surface area contributed by atoms with E-state index in [4.69, 9.17) is 4.74 Å². The third kappa shape index (κ3) is 4.23. The van der Waals surface area contributed by atoms with Crippen LogP contribution in [0.2, 0.25) is 0 Å². The molecule has 0 saturated carbocycles. The highest BCUT2D eigenvalue weighted by Gasteiger charge is 2.21. The van der Waals surface area contributed by atoms with Gasteiger partial charge in [-0.05, 0) is 30.3 Å². The number of aromatic nitrogens is 1. The van der Waals surface area contributed by atoms with E-state index in [0.29, 0.717) is 30.0 Å². The van der Waals surface area contributed by atoms with Crippen LogP contribution in [0.4, 0.5) is 5.69 Å². The van der Waals surface area contributed by atoms with Gasteiger partial charge in [0.05, 0.1) is 18.6 Å². The van der Waals surface area contributed by atoms with Gasteiger partial charge in [0.1, 0.15) is 5.75 Å². The fourth-order valence-corrected chi connectivity index (χ4v) is 3.93. The van der Waals surface area contributed by atoms with E-state index in [-0.39, 0.29) is 21.7 Å². The first-order valence-corrected chi connectivity index (χ1v) is 10.2. The van der Waals surface area contributed by atoms with E-state index in [1.165, 1.54) is 43.5 Å². The number of hydrogen-bond donors (Lipinski definition) is 1. The van der Waals surface area contributed by atoms with Gasteiger partial charge in [-0.15, -0.1) is 0 Å². The molecule has 9 heteroatoms. The monoisotopic (exact) mass is 392 g/mol. The largest absolute Gasteiger partial charge is 0.491 e. The predicted octanol–water partition coefficient (Wildman–Crippen LogP) is 2.28. The van der Waals surface area contributed by atoms with Crippen LogP contribution in [0.1, 0.15) is 22.8 Å². The number of rotatable bonds is 6. The number of nitrogens with zero attached hydrogens (tertiary/aromatic N) is 1. The summed E-state index contributed by atoms with van der Waals surface area (Å²) in [6.45, 7) is 1.92. The number of hydrogen-bond acceptors (Lipinski definition) is 7. The van der Waals surface area contributed by atoms with Crippen LogP contribution in [0, 0.1) is 0 Å². The van der Waals surface area contributed by atoms with Crippen LogP contribution in [0.5, 0.6) is 5.75 Å². The van der Waals surface area contributed by atoms with E-state index < -0.39 is 10.0 Å². The number of Topliss-reactive ketones (excluding diaryl/α,β-unsaturated/α-hetero) is 1. The van der Waals surface area contributed by atoms with Crippen molar-refractivity contribution in [2.45, 2.75) is 18.4 Å². The van der Waals surface area contributed by atoms with Gasteiger partial charge in [0, 0.05) is 30.2 Å². The Kier molecular flexibility index (Phi) is 5.28. The Morgan fingerprint density at radius 3 is 2.69 bits per heavy atom. The summed E-state index contributed by atoms with van der Waals surface area (Å²) in [5.74, 6) is 0.469. The van der Waals surface area contributed by atoms with Crippen LogP contribution in [-0.4, -0.2) is 36.7 Å². The van der Waals surface area contributed by atoms with Crippen LogP contribution in [0.15, 0.2) is 41.6 Å². The van der Waals surface area contributed by atoms with Crippen molar-refractivity contribution in [2.75, 3.05) is 17.1 Å². The van der Waals surface area contributed by atoms with E-state index in [0.717, 1.165) is 17.3 Å². The predicted molar refractivity (Wildman–Crippen MR) is 98.2 cm³/mol. The zero-order valence-corrected chi connectivity index (χ0v) is 15.5. The minimum atomic E-state index is -3.84. The molecule has 0 saturated heterocycles. The zero-order valence-electron chi connectivity index (χ0n) is 13.9. The smallest absolute Gasteiger partial charge is 0.279 e. The highest BCUT2D eigenvalue weighted by molar-refractivity contribution is 8.14. The van der Waals surface area contributed by atoms with Gasteiger partial charge in [0.2, 0.25) is 0 Å². The number of fused-ring (bicyclic) bond motifs is 1. The summed E-state index contributed by atoms with van der Waals surface area (Å²) in [5, 5.41) is -0.213. The van der Waals surface area contributed by atoms with Crippen molar-refractivity contribution in [2.24, 2.45) is 0 Å². The Labute approximate surface area is 155 Å². The van der Waals surface area contributed by atoms with Gasteiger partial charge < -0.3 is 4.74 Å². The number of ketones is 1. The van der Waals surface area contributed by atoms with Crippen LogP contribution in [0.3, 0.4) is 0 Å². The minimum absolute atomic E-state index is 0.0571. The van der Waals surface area contributed by atoms with E-state index in [9.17, 15) is 18.0 Å². The van der Waals surface area contributed by atoms with Crippen molar-refractivity contribution in [1.82, 2.24) is 4.98 Å². The topological polar surface area (TPSA) is 102 Å². The summed E-state index contributed by atoms with van der Waals surface area (Å²) in [7, 11) is -3.84. The fraction of sp³-hybridized carbons (Fsp3) is 0.235. The van der Waals surface area contributed by atoms with Crippen molar-refractivity contribution in [1.29, 1.82) is 0 Å². The maximum absolute atomic E-state index is 12.5. The molecular weight excluding hydrogens is 376 g/mol. The van der Waals surface area contributed by atoms with Crippen molar-refractivity contribution in [3.8, 4) is 5.75 Å². The van der Waals surface area contributed by atoms with E-state index in [1.54, 1.807) is 0 Å². The molecule has 0 bridgehead atoms. The molecule has 136 valence electrons. The van der Waals surface area contributed by atoms with Crippen molar-refractivity contribution < 1.29 is 22.7 Å². The van der Waals surface area contributed by atoms with Gasteiger partial charge >= 0.3 is 0 Å².